The Morgan fingerprint density at radius 2 is 0.941 bits per heavy atom. The Balaban J connectivity index is 0.000000216. The van der Waals surface area contributed by atoms with Crippen LogP contribution < -0.4 is 0 Å². The molecule has 0 unspecified atom stereocenters. The Morgan fingerprint density at radius 1 is 0.490 bits per heavy atom. The van der Waals surface area contributed by atoms with E-state index in [0.717, 1.165) is 80.4 Å². The highest BCUT2D eigenvalue weighted by Crippen LogP contribution is 2.31. The molecule has 0 radical (unpaired) electrons. The zero-order chi connectivity index (χ0) is 75.5. The summed E-state index contributed by atoms with van der Waals surface area (Å²) in [6, 6.07) is 27.1. The van der Waals surface area contributed by atoms with Gasteiger partial charge < -0.3 is 14.1 Å². The molecule has 3 saturated heterocycles. The van der Waals surface area contributed by atoms with Gasteiger partial charge >= 0.3 is 5.97 Å². The zero-order valence-corrected chi connectivity index (χ0v) is 69.7. The molecule has 3 aliphatic rings. The molecule has 0 amide bonds. The number of pyridine rings is 3. The lowest BCUT2D eigenvalue weighted by molar-refractivity contribution is 0.0562. The van der Waals surface area contributed by atoms with E-state index in [1.165, 1.54) is 133 Å². The first kappa shape index (κ1) is 86.9. The van der Waals surface area contributed by atoms with E-state index < -0.39 is 5.97 Å². The van der Waals surface area contributed by atoms with Crippen molar-refractivity contribution in [1.82, 2.24) is 49.5 Å². The Morgan fingerprint density at radius 3 is 1.31 bits per heavy atom. The van der Waals surface area contributed by atoms with Gasteiger partial charge in [0.25, 0.3) is 0 Å². The Labute approximate surface area is 630 Å². The van der Waals surface area contributed by atoms with Crippen molar-refractivity contribution in [1.29, 1.82) is 0 Å². The fourth-order valence-corrected chi connectivity index (χ4v) is 14.0. The normalized spacial score (nSPS) is 15.3. The number of para-hydroxylation sites is 1. The van der Waals surface area contributed by atoms with Crippen molar-refractivity contribution in [3.63, 3.8) is 0 Å². The van der Waals surface area contributed by atoms with Crippen molar-refractivity contribution in [2.24, 2.45) is 21.7 Å². The number of carbonyl (C=O) groups excluding carboxylic acids is 1. The highest BCUT2D eigenvalue weighted by atomic mass is 35.5. The second-order valence-electron chi connectivity index (χ2n) is 35.8. The van der Waals surface area contributed by atoms with Crippen LogP contribution >= 0.6 is 34.3 Å². The van der Waals surface area contributed by atoms with Gasteiger partial charge in [0, 0.05) is 106 Å². The number of likely N-dealkylation sites (tertiary alicyclic amines) is 2. The van der Waals surface area contributed by atoms with Gasteiger partial charge in [-0.1, -0.05) is 200 Å². The van der Waals surface area contributed by atoms with Crippen molar-refractivity contribution >= 4 is 50.5 Å². The lowest BCUT2D eigenvalue weighted by atomic mass is 9.88. The molecule has 0 N–H and O–H groups in total. The molecule has 11 rings (SSSR count). The lowest BCUT2D eigenvalue weighted by Gasteiger charge is -2.32. The average molecular weight is 1450 g/mol. The first-order chi connectivity index (χ1) is 47.6. The lowest BCUT2D eigenvalue weighted by Crippen LogP contribution is -2.44. The maximum absolute atomic E-state index is 11.1. The number of likely N-dealkylation sites (N-methyl/N-ethyl adjacent to an activating group) is 1. The van der Waals surface area contributed by atoms with Gasteiger partial charge in [-0.15, -0.1) is 22.7 Å². The smallest absolute Gasteiger partial charge is 0.373 e. The minimum absolute atomic E-state index is 0.158. The molecule has 0 aliphatic carbocycles. The predicted molar refractivity (Wildman–Crippen MR) is 434 cm³/mol. The van der Waals surface area contributed by atoms with Crippen molar-refractivity contribution in [3.05, 3.63) is 187 Å². The van der Waals surface area contributed by atoms with Gasteiger partial charge in [0.05, 0.1) is 50.1 Å². The molecule has 13 nitrogen and oxygen atoms in total. The van der Waals surface area contributed by atoms with Crippen LogP contribution in [0.5, 0.6) is 0 Å². The molecule has 10 heterocycles. The Kier molecular flexibility index (Phi) is 34.6. The molecule has 562 valence electrons. The molecular formula is C86H131ClN10O3S2. The van der Waals surface area contributed by atoms with E-state index >= 15 is 0 Å². The summed E-state index contributed by atoms with van der Waals surface area (Å²) >= 11 is 9.36. The van der Waals surface area contributed by atoms with Gasteiger partial charge in [-0.05, 0) is 175 Å². The molecule has 1 aromatic carbocycles. The summed E-state index contributed by atoms with van der Waals surface area (Å²) in [5.74, 6) is 0.662. The van der Waals surface area contributed by atoms with Crippen LogP contribution in [-0.4, -0.2) is 122 Å². The van der Waals surface area contributed by atoms with E-state index in [2.05, 4.69) is 267 Å². The number of hydrogen-bond acceptors (Lipinski definition) is 15. The van der Waals surface area contributed by atoms with Gasteiger partial charge in [-0.3, -0.25) is 39.6 Å². The maximum atomic E-state index is 11.1. The summed E-state index contributed by atoms with van der Waals surface area (Å²) in [7, 11) is 3.53. The van der Waals surface area contributed by atoms with Crippen LogP contribution in [0, 0.1) is 21.7 Å². The topological polar surface area (TPSA) is 130 Å². The SMILES string of the molecule is CC(C)(C)Cc1cc(Cl)cs1.CC(C)(C)Cc1cnccn1.CC(C)(C)Cc1nc2ccccc2s1.CC(C)(C)c1ccc(CN2CCCCC2)nc1.CC(C)(C)c1ccc(CN2CCCCC2)nc1.CN1CCN(Cc2ccc(C(C)(C)C)cn2)CC1.COC(=O)c1ccc(CC(C)(C)C)o1. The highest BCUT2D eigenvalue weighted by molar-refractivity contribution is 7.18. The number of fused-ring (bicyclic) bond motifs is 1. The van der Waals surface area contributed by atoms with Gasteiger partial charge in [-0.25, -0.2) is 9.78 Å². The Hall–Kier alpha value is -5.78. The number of esters is 1. The van der Waals surface area contributed by atoms with Crippen LogP contribution in [0.1, 0.15) is 250 Å². The summed E-state index contributed by atoms with van der Waals surface area (Å²) in [6.07, 6.45) is 23.5. The van der Waals surface area contributed by atoms with Crippen molar-refractivity contribution < 1.29 is 13.9 Å². The third-order valence-corrected chi connectivity index (χ3v) is 19.5. The number of ether oxygens (including phenoxy) is 1. The number of hydrogen-bond donors (Lipinski definition) is 0. The summed E-state index contributed by atoms with van der Waals surface area (Å²) in [5.41, 5.74) is 11.5. The summed E-state index contributed by atoms with van der Waals surface area (Å²) in [4.78, 5) is 49.0. The van der Waals surface area contributed by atoms with Crippen LogP contribution in [0.2, 0.25) is 5.02 Å². The fourth-order valence-electron chi connectivity index (χ4n) is 11.4. The minimum atomic E-state index is -0.426. The largest absolute Gasteiger partial charge is 0.463 e. The van der Waals surface area contributed by atoms with Gasteiger partial charge in [0.1, 0.15) is 5.76 Å². The first-order valence-corrected chi connectivity index (χ1v) is 39.4. The number of piperidine rings is 2. The van der Waals surface area contributed by atoms with Gasteiger partial charge in [0.15, 0.2) is 0 Å². The summed E-state index contributed by atoms with van der Waals surface area (Å²) in [6.45, 7) is 59.1. The van der Waals surface area contributed by atoms with E-state index in [4.69, 9.17) is 16.0 Å². The molecule has 8 aromatic rings. The van der Waals surface area contributed by atoms with Crippen LogP contribution in [0.25, 0.3) is 10.2 Å². The maximum Gasteiger partial charge on any atom is 0.373 e. The average Bonchev–Trinajstić information content (AvgIpc) is 1.66. The first-order valence-electron chi connectivity index (χ1n) is 37.3. The van der Waals surface area contributed by atoms with E-state index in [0.29, 0.717) is 16.2 Å². The molecule has 7 aromatic heterocycles. The van der Waals surface area contributed by atoms with Gasteiger partial charge in [-0.2, -0.15) is 0 Å². The fraction of sp³-hybridized carbons (Fsp3) is 0.593. The highest BCUT2D eigenvalue weighted by Gasteiger charge is 2.22. The third-order valence-electron chi connectivity index (χ3n) is 17.1. The number of methoxy groups -OCH3 is 1. The quantitative estimate of drug-likeness (QED) is 0.114. The molecule has 0 bridgehead atoms. The number of rotatable bonds is 11. The number of thiophene rings is 1. The molecule has 3 aliphatic heterocycles. The molecule has 0 saturated carbocycles. The molecular weight excluding hydrogens is 1320 g/mol. The number of halogens is 1. The number of benzene rings is 1. The second-order valence-corrected chi connectivity index (χ2v) is 38.4. The summed E-state index contributed by atoms with van der Waals surface area (Å²) in [5, 5.41) is 4.11. The number of aromatic nitrogens is 6. The predicted octanol–water partition coefficient (Wildman–Crippen LogP) is 21.5. The minimum Gasteiger partial charge on any atom is -0.463 e. The van der Waals surface area contributed by atoms with Crippen molar-refractivity contribution in [3.8, 4) is 0 Å². The standard InChI is InChI=1S/C15H25N3.2C15H24N2.C12H15NS.C11H16O3.C9H13ClS.C9H14N2/c1-15(2,3)13-5-6-14(16-11-13)12-18-9-7-17(4)8-10-18;2*1-15(2,3)13-7-8-14(16-11-13)12-17-9-5-4-6-10-17;1-12(2,3)8-11-13-9-6-4-5-7-10(9)14-11;1-11(2,3)7-8-5-6-9(14-8)10(12)13-4;1-9(2,3)5-8-4-7(10)6-11-8;1-9(2,3)6-8-7-10-4-5-11-8/h5-6,11H,7-10,12H2,1-4H3;2*7-8,11H,4-6,9-10,12H2,1-3H3;4-7H,8H2,1-3H3;5-6H,7H2,1-4H3;4,6H,5H2,1-3H3;4-5,7H,6H2,1-3H3. The van der Waals surface area contributed by atoms with E-state index in [1.807, 2.05) is 53.6 Å². The molecule has 3 fully saturated rings. The molecule has 102 heavy (non-hydrogen) atoms. The van der Waals surface area contributed by atoms with E-state index in [9.17, 15) is 4.79 Å². The van der Waals surface area contributed by atoms with Crippen LogP contribution in [0.3, 0.4) is 0 Å². The number of nitrogens with zero attached hydrogens (tertiary/aromatic N) is 10. The van der Waals surface area contributed by atoms with Crippen molar-refractivity contribution in [2.45, 2.75) is 245 Å². The van der Waals surface area contributed by atoms with Crippen LogP contribution in [-0.2, 0) is 66.3 Å². The molecule has 0 spiro atoms. The van der Waals surface area contributed by atoms with Gasteiger partial charge in [0.2, 0.25) is 5.76 Å². The van der Waals surface area contributed by atoms with Crippen molar-refractivity contribution in [2.75, 3.05) is 66.5 Å². The second kappa shape index (κ2) is 40.6. The monoisotopic (exact) mass is 1450 g/mol. The Bertz CT molecular complexity index is 3500. The number of piperazine rings is 1. The van der Waals surface area contributed by atoms with E-state index in [1.54, 1.807) is 29.8 Å². The number of thiazole rings is 1. The van der Waals surface area contributed by atoms with Crippen LogP contribution in [0.4, 0.5) is 0 Å². The van der Waals surface area contributed by atoms with E-state index in [-0.39, 0.29) is 27.4 Å². The molecule has 16 heteroatoms. The molecule has 0 atom stereocenters. The number of carbonyl (C=O) groups is 1. The summed E-state index contributed by atoms with van der Waals surface area (Å²) < 4.78 is 11.2. The number of furan rings is 1. The van der Waals surface area contributed by atoms with Crippen LogP contribution in [0.15, 0.2) is 126 Å². The third kappa shape index (κ3) is 35.8. The zero-order valence-electron chi connectivity index (χ0n) is 67.3.